The molecule has 1 aliphatic heterocycles. The van der Waals surface area contributed by atoms with Crippen LogP contribution < -0.4 is 4.90 Å². The predicted octanol–water partition coefficient (Wildman–Crippen LogP) is 3.55. The number of carbonyl (C=O) groups is 2. The van der Waals surface area contributed by atoms with Gasteiger partial charge in [-0.2, -0.15) is 0 Å². The first kappa shape index (κ1) is 17.3. The number of hydrogen-bond donors (Lipinski definition) is 0. The van der Waals surface area contributed by atoms with Gasteiger partial charge in [0.05, 0.1) is 5.92 Å². The van der Waals surface area contributed by atoms with Crippen molar-refractivity contribution >= 4 is 29.3 Å². The number of rotatable bonds is 4. The van der Waals surface area contributed by atoms with Crippen molar-refractivity contribution in [2.24, 2.45) is 5.92 Å². The second kappa shape index (κ2) is 7.60. The number of amides is 2. The fourth-order valence-corrected chi connectivity index (χ4v) is 4.29. The van der Waals surface area contributed by atoms with E-state index in [0.717, 1.165) is 23.4 Å². The van der Waals surface area contributed by atoms with Crippen LogP contribution in [-0.2, 0) is 9.59 Å². The lowest BCUT2D eigenvalue weighted by Crippen LogP contribution is -2.42. The minimum atomic E-state index is -0.206. The molecular formula is C19H26N2O2S. The summed E-state index contributed by atoms with van der Waals surface area (Å²) in [5.74, 6) is -0.00946. The Morgan fingerprint density at radius 3 is 2.71 bits per heavy atom. The van der Waals surface area contributed by atoms with Gasteiger partial charge in [0.1, 0.15) is 0 Å². The van der Waals surface area contributed by atoms with Crippen LogP contribution in [0.5, 0.6) is 0 Å². The van der Waals surface area contributed by atoms with Gasteiger partial charge in [0, 0.05) is 36.6 Å². The molecule has 0 aromatic heterocycles. The van der Waals surface area contributed by atoms with Crippen LogP contribution in [0, 0.1) is 5.92 Å². The van der Waals surface area contributed by atoms with Gasteiger partial charge < -0.3 is 9.80 Å². The minimum Gasteiger partial charge on any atom is -0.342 e. The van der Waals surface area contributed by atoms with Gasteiger partial charge in [0.15, 0.2) is 0 Å². The summed E-state index contributed by atoms with van der Waals surface area (Å²) in [6.07, 6.45) is 8.25. The highest BCUT2D eigenvalue weighted by molar-refractivity contribution is 7.98. The first-order chi connectivity index (χ1) is 11.6. The first-order valence-electron chi connectivity index (χ1n) is 8.81. The smallest absolute Gasteiger partial charge is 0.228 e. The molecule has 1 unspecified atom stereocenters. The SMILES string of the molecule is CSc1cccc(N2CC(C(=O)N(C)C3CCCCC3)CC2=O)c1. The quantitative estimate of drug-likeness (QED) is 0.783. The molecular weight excluding hydrogens is 320 g/mol. The molecule has 1 heterocycles. The second-order valence-corrected chi connectivity index (χ2v) is 7.73. The molecule has 0 spiro atoms. The standard InChI is InChI=1S/C19H26N2O2S/c1-20(15-7-4-3-5-8-15)19(23)14-11-18(22)21(13-14)16-9-6-10-17(12-16)24-2/h6,9-10,12,14-15H,3-5,7-8,11,13H2,1-2H3. The monoisotopic (exact) mass is 346 g/mol. The largest absolute Gasteiger partial charge is 0.342 e. The van der Waals surface area contributed by atoms with E-state index in [1.54, 1.807) is 16.7 Å². The van der Waals surface area contributed by atoms with E-state index < -0.39 is 0 Å². The molecule has 4 nitrogen and oxygen atoms in total. The highest BCUT2D eigenvalue weighted by Crippen LogP contribution is 2.30. The summed E-state index contributed by atoms with van der Waals surface area (Å²) >= 11 is 1.66. The summed E-state index contributed by atoms with van der Waals surface area (Å²) in [5, 5.41) is 0. The lowest BCUT2D eigenvalue weighted by Gasteiger charge is -2.32. The van der Waals surface area contributed by atoms with Crippen molar-refractivity contribution in [3.05, 3.63) is 24.3 Å². The average Bonchev–Trinajstić information content (AvgIpc) is 3.03. The fourth-order valence-electron chi connectivity index (χ4n) is 3.84. The lowest BCUT2D eigenvalue weighted by molar-refractivity contribution is -0.137. The van der Waals surface area contributed by atoms with Gasteiger partial charge in [-0.15, -0.1) is 11.8 Å². The number of benzene rings is 1. The fraction of sp³-hybridized carbons (Fsp3) is 0.579. The first-order valence-corrected chi connectivity index (χ1v) is 10.0. The van der Waals surface area contributed by atoms with Crippen molar-refractivity contribution in [2.75, 3.05) is 24.7 Å². The molecule has 0 radical (unpaired) electrons. The molecule has 1 atom stereocenters. The van der Waals surface area contributed by atoms with Gasteiger partial charge in [-0.25, -0.2) is 0 Å². The third kappa shape index (κ3) is 3.61. The van der Waals surface area contributed by atoms with E-state index in [1.807, 2.05) is 42.5 Å². The zero-order valence-electron chi connectivity index (χ0n) is 14.5. The van der Waals surface area contributed by atoms with Gasteiger partial charge in [-0.3, -0.25) is 9.59 Å². The Balaban J connectivity index is 1.68. The molecule has 1 saturated heterocycles. The van der Waals surface area contributed by atoms with Crippen LogP contribution in [0.4, 0.5) is 5.69 Å². The number of anilines is 1. The van der Waals surface area contributed by atoms with Crippen molar-refractivity contribution in [3.63, 3.8) is 0 Å². The summed E-state index contributed by atoms with van der Waals surface area (Å²) in [7, 11) is 1.92. The molecule has 5 heteroatoms. The normalized spacial score (nSPS) is 22.0. The van der Waals surface area contributed by atoms with Crippen LogP contribution in [0.3, 0.4) is 0 Å². The van der Waals surface area contributed by atoms with E-state index in [9.17, 15) is 9.59 Å². The van der Waals surface area contributed by atoms with Crippen LogP contribution in [0.2, 0.25) is 0 Å². The van der Waals surface area contributed by atoms with Crippen LogP contribution in [0.15, 0.2) is 29.2 Å². The van der Waals surface area contributed by atoms with Gasteiger partial charge in [0.2, 0.25) is 11.8 Å². The molecule has 130 valence electrons. The van der Waals surface area contributed by atoms with Crippen molar-refractivity contribution in [2.45, 2.75) is 49.5 Å². The van der Waals surface area contributed by atoms with Crippen molar-refractivity contribution in [1.82, 2.24) is 4.90 Å². The number of carbonyl (C=O) groups excluding carboxylic acids is 2. The highest BCUT2D eigenvalue weighted by atomic mass is 32.2. The molecule has 2 aliphatic rings. The van der Waals surface area contributed by atoms with Crippen LogP contribution in [-0.4, -0.2) is 42.6 Å². The van der Waals surface area contributed by atoms with Gasteiger partial charge >= 0.3 is 0 Å². The van der Waals surface area contributed by atoms with Crippen molar-refractivity contribution < 1.29 is 9.59 Å². The maximum atomic E-state index is 12.8. The molecule has 24 heavy (non-hydrogen) atoms. The molecule has 0 bridgehead atoms. The van der Waals surface area contributed by atoms with Crippen LogP contribution in [0.25, 0.3) is 0 Å². The maximum absolute atomic E-state index is 12.8. The third-order valence-electron chi connectivity index (χ3n) is 5.31. The maximum Gasteiger partial charge on any atom is 0.228 e. The van der Waals surface area contributed by atoms with E-state index in [4.69, 9.17) is 0 Å². The summed E-state index contributed by atoms with van der Waals surface area (Å²) in [5.41, 5.74) is 0.905. The van der Waals surface area contributed by atoms with E-state index in [-0.39, 0.29) is 17.7 Å². The molecule has 2 fully saturated rings. The Morgan fingerprint density at radius 1 is 1.25 bits per heavy atom. The van der Waals surface area contributed by atoms with Crippen LogP contribution in [0.1, 0.15) is 38.5 Å². The number of thioether (sulfide) groups is 1. The third-order valence-corrected chi connectivity index (χ3v) is 6.03. The predicted molar refractivity (Wildman–Crippen MR) is 98.3 cm³/mol. The summed E-state index contributed by atoms with van der Waals surface area (Å²) in [4.78, 5) is 30.1. The van der Waals surface area contributed by atoms with E-state index >= 15 is 0 Å². The highest BCUT2D eigenvalue weighted by Gasteiger charge is 2.38. The average molecular weight is 346 g/mol. The number of hydrogen-bond acceptors (Lipinski definition) is 3. The Bertz CT molecular complexity index is 613. The Morgan fingerprint density at radius 2 is 2.00 bits per heavy atom. The van der Waals surface area contributed by atoms with E-state index in [2.05, 4.69) is 0 Å². The lowest BCUT2D eigenvalue weighted by atomic mass is 9.93. The van der Waals surface area contributed by atoms with Crippen LogP contribution >= 0.6 is 11.8 Å². The van der Waals surface area contributed by atoms with E-state index in [1.165, 1.54) is 19.3 Å². The second-order valence-electron chi connectivity index (χ2n) is 6.85. The summed E-state index contributed by atoms with van der Waals surface area (Å²) < 4.78 is 0. The van der Waals surface area contributed by atoms with Crippen molar-refractivity contribution in [3.8, 4) is 0 Å². The van der Waals surface area contributed by atoms with Gasteiger partial charge in [-0.1, -0.05) is 25.3 Å². The Kier molecular flexibility index (Phi) is 5.49. The Labute approximate surface area is 148 Å². The zero-order chi connectivity index (χ0) is 17.1. The molecule has 0 N–H and O–H groups in total. The summed E-state index contributed by atoms with van der Waals surface area (Å²) in [6.45, 7) is 0.507. The molecule has 1 saturated carbocycles. The van der Waals surface area contributed by atoms with Crippen molar-refractivity contribution in [1.29, 1.82) is 0 Å². The van der Waals surface area contributed by atoms with E-state index in [0.29, 0.717) is 19.0 Å². The Hall–Kier alpha value is -1.49. The van der Waals surface area contributed by atoms with Gasteiger partial charge in [-0.05, 0) is 37.3 Å². The summed E-state index contributed by atoms with van der Waals surface area (Å²) in [6, 6.07) is 8.34. The zero-order valence-corrected chi connectivity index (χ0v) is 15.3. The molecule has 1 aromatic rings. The molecule has 1 aromatic carbocycles. The van der Waals surface area contributed by atoms with Gasteiger partial charge in [0.25, 0.3) is 0 Å². The molecule has 2 amide bonds. The number of nitrogens with zero attached hydrogens (tertiary/aromatic N) is 2. The topological polar surface area (TPSA) is 40.6 Å². The minimum absolute atomic E-state index is 0.0589. The molecule has 3 rings (SSSR count). The molecule has 1 aliphatic carbocycles.